The van der Waals surface area contributed by atoms with Crippen molar-refractivity contribution in [3.05, 3.63) is 74.8 Å². The maximum Gasteiger partial charge on any atom is 0.275 e. The Balaban J connectivity index is 1.85. The molecule has 1 amide bonds. The van der Waals surface area contributed by atoms with E-state index in [2.05, 4.69) is 15.3 Å². The van der Waals surface area contributed by atoms with Crippen LogP contribution in [-0.2, 0) is 11.3 Å². The van der Waals surface area contributed by atoms with Gasteiger partial charge in [0.1, 0.15) is 5.15 Å². The van der Waals surface area contributed by atoms with E-state index < -0.39 is 5.54 Å². The normalized spacial score (nSPS) is 11.8. The smallest absolute Gasteiger partial charge is 0.275 e. The Labute approximate surface area is 189 Å². The standard InChI is InChI=1S/C22H22Cl2N4O3/c1-4-31-8-6-14-11-26-18(23)9-16(14)21(30)27-22(2,3)13-28-12-15-5-7-25-20(29)17(15)10-19(28)24/h5-12H,4,13H2,1-3H3,(H-,25,27,29,30)/p+1/b8-6+. The molecule has 0 aromatic carbocycles. The number of pyridine rings is 3. The third-order valence-electron chi connectivity index (χ3n) is 4.54. The van der Waals surface area contributed by atoms with Crippen LogP contribution in [0.2, 0.25) is 10.3 Å². The summed E-state index contributed by atoms with van der Waals surface area (Å²) >= 11 is 12.4. The summed E-state index contributed by atoms with van der Waals surface area (Å²) in [7, 11) is 0. The Bertz CT molecular complexity index is 1210. The van der Waals surface area contributed by atoms with Gasteiger partial charge in [0.2, 0.25) is 0 Å². The second-order valence-electron chi connectivity index (χ2n) is 7.59. The Morgan fingerprint density at radius 3 is 2.87 bits per heavy atom. The van der Waals surface area contributed by atoms with Gasteiger partial charge in [-0.15, -0.1) is 0 Å². The van der Waals surface area contributed by atoms with E-state index in [-0.39, 0.29) is 16.6 Å². The van der Waals surface area contributed by atoms with Crippen LogP contribution in [0.3, 0.4) is 0 Å². The first-order valence-corrected chi connectivity index (χ1v) is 10.4. The zero-order chi connectivity index (χ0) is 22.6. The van der Waals surface area contributed by atoms with Crippen LogP contribution in [0.15, 0.2) is 47.8 Å². The summed E-state index contributed by atoms with van der Waals surface area (Å²) in [5, 5.41) is 4.87. The average Bonchev–Trinajstić information content (AvgIpc) is 2.70. The zero-order valence-corrected chi connectivity index (χ0v) is 18.9. The lowest BCUT2D eigenvalue weighted by Gasteiger charge is -2.24. The van der Waals surface area contributed by atoms with E-state index in [1.54, 1.807) is 35.2 Å². The molecule has 2 N–H and O–H groups in total. The van der Waals surface area contributed by atoms with Crippen molar-refractivity contribution in [2.24, 2.45) is 0 Å². The van der Waals surface area contributed by atoms with Crippen LogP contribution in [-0.4, -0.2) is 28.0 Å². The number of nitrogens with one attached hydrogen (secondary N) is 2. The molecule has 0 aliphatic heterocycles. The highest BCUT2D eigenvalue weighted by Crippen LogP contribution is 2.17. The third kappa shape index (κ3) is 5.62. The summed E-state index contributed by atoms with van der Waals surface area (Å²) in [6.07, 6.45) is 8.08. The van der Waals surface area contributed by atoms with Crippen molar-refractivity contribution in [3.8, 4) is 0 Å². The summed E-state index contributed by atoms with van der Waals surface area (Å²) in [6, 6.07) is 4.93. The van der Waals surface area contributed by atoms with E-state index in [1.165, 1.54) is 18.5 Å². The van der Waals surface area contributed by atoms with Crippen LogP contribution in [0.25, 0.3) is 16.8 Å². The van der Waals surface area contributed by atoms with Crippen LogP contribution in [0.4, 0.5) is 0 Å². The number of H-pyrrole nitrogens is 1. The number of aromatic nitrogens is 3. The van der Waals surface area contributed by atoms with Crippen LogP contribution in [0.1, 0.15) is 36.7 Å². The quantitative estimate of drug-likeness (QED) is 0.318. The molecule has 31 heavy (non-hydrogen) atoms. The summed E-state index contributed by atoms with van der Waals surface area (Å²) in [5.41, 5.74) is 0.0879. The minimum atomic E-state index is -0.670. The molecule has 0 spiro atoms. The number of halogens is 2. The largest absolute Gasteiger partial charge is 0.501 e. The van der Waals surface area contributed by atoms with E-state index in [4.69, 9.17) is 27.9 Å². The van der Waals surface area contributed by atoms with Gasteiger partial charge in [0.05, 0.1) is 34.7 Å². The Morgan fingerprint density at radius 1 is 1.35 bits per heavy atom. The van der Waals surface area contributed by atoms with Crippen LogP contribution in [0.5, 0.6) is 0 Å². The highest BCUT2D eigenvalue weighted by molar-refractivity contribution is 6.30. The Hall–Kier alpha value is -2.90. The Kier molecular flexibility index (Phi) is 6.97. The molecular weight excluding hydrogens is 439 g/mol. The average molecular weight is 462 g/mol. The molecule has 3 aromatic heterocycles. The van der Waals surface area contributed by atoms with Crippen LogP contribution in [0, 0.1) is 0 Å². The van der Waals surface area contributed by atoms with Gasteiger partial charge in [0.25, 0.3) is 16.6 Å². The summed E-state index contributed by atoms with van der Waals surface area (Å²) in [4.78, 5) is 31.7. The molecule has 0 atom stereocenters. The van der Waals surface area contributed by atoms with Crippen molar-refractivity contribution in [2.75, 3.05) is 6.61 Å². The molecule has 162 valence electrons. The molecule has 0 aliphatic carbocycles. The second-order valence-corrected chi connectivity index (χ2v) is 8.36. The van der Waals surface area contributed by atoms with Gasteiger partial charge in [-0.25, -0.2) is 4.98 Å². The van der Waals surface area contributed by atoms with Crippen molar-refractivity contribution in [3.63, 3.8) is 0 Å². The fourth-order valence-corrected chi connectivity index (χ4v) is 3.52. The number of carbonyl (C=O) groups is 1. The molecule has 9 heteroatoms. The van der Waals surface area contributed by atoms with Crippen molar-refractivity contribution < 1.29 is 14.1 Å². The first-order chi connectivity index (χ1) is 14.7. The molecule has 0 bridgehead atoms. The van der Waals surface area contributed by atoms with Gasteiger partial charge in [0.15, 0.2) is 12.7 Å². The molecule has 0 radical (unpaired) electrons. The van der Waals surface area contributed by atoms with E-state index in [1.807, 2.05) is 20.8 Å². The van der Waals surface area contributed by atoms with Gasteiger partial charge >= 0.3 is 0 Å². The van der Waals surface area contributed by atoms with Gasteiger partial charge < -0.3 is 15.0 Å². The number of hydrogen-bond acceptors (Lipinski definition) is 4. The maximum absolute atomic E-state index is 13.0. The van der Waals surface area contributed by atoms with Gasteiger partial charge in [-0.2, -0.15) is 4.57 Å². The maximum atomic E-state index is 13.0. The fraction of sp³-hybridized carbons (Fsp3) is 0.273. The second kappa shape index (κ2) is 9.49. The monoisotopic (exact) mass is 461 g/mol. The van der Waals surface area contributed by atoms with Crippen LogP contribution < -0.4 is 15.4 Å². The molecule has 3 rings (SSSR count). The lowest BCUT2D eigenvalue weighted by molar-refractivity contribution is -0.700. The first-order valence-electron chi connectivity index (χ1n) is 9.67. The molecule has 0 saturated heterocycles. The minimum absolute atomic E-state index is 0.207. The highest BCUT2D eigenvalue weighted by atomic mass is 35.5. The number of fused-ring (bicyclic) bond motifs is 1. The molecule has 3 aromatic rings. The lowest BCUT2D eigenvalue weighted by atomic mass is 10.0. The molecule has 3 heterocycles. The predicted octanol–water partition coefficient (Wildman–Crippen LogP) is 3.73. The molecule has 0 saturated carbocycles. The van der Waals surface area contributed by atoms with Gasteiger partial charge in [-0.3, -0.25) is 9.59 Å². The fourth-order valence-electron chi connectivity index (χ4n) is 3.15. The van der Waals surface area contributed by atoms with Crippen molar-refractivity contribution in [1.82, 2.24) is 15.3 Å². The predicted molar refractivity (Wildman–Crippen MR) is 121 cm³/mol. The van der Waals surface area contributed by atoms with E-state index >= 15 is 0 Å². The summed E-state index contributed by atoms with van der Waals surface area (Å²) in [6.45, 7) is 6.53. The highest BCUT2D eigenvalue weighted by Gasteiger charge is 2.29. The molecular formula is C22H23Cl2N4O3+. The number of nitrogens with zero attached hydrogens (tertiary/aromatic N) is 2. The van der Waals surface area contributed by atoms with Crippen molar-refractivity contribution in [2.45, 2.75) is 32.9 Å². The zero-order valence-electron chi connectivity index (χ0n) is 17.4. The topological polar surface area (TPSA) is 88.0 Å². The number of ether oxygens (including phenoxy) is 1. The lowest BCUT2D eigenvalue weighted by Crippen LogP contribution is -2.54. The number of hydrogen-bond donors (Lipinski definition) is 2. The molecule has 7 nitrogen and oxygen atoms in total. The van der Waals surface area contributed by atoms with Crippen LogP contribution >= 0.6 is 23.2 Å². The van der Waals surface area contributed by atoms with Crippen molar-refractivity contribution >= 4 is 46.0 Å². The third-order valence-corrected chi connectivity index (χ3v) is 5.07. The van der Waals surface area contributed by atoms with Gasteiger partial charge in [-0.05, 0) is 50.6 Å². The molecule has 0 fully saturated rings. The van der Waals surface area contributed by atoms with E-state index in [0.29, 0.717) is 34.8 Å². The van der Waals surface area contributed by atoms with E-state index in [9.17, 15) is 9.59 Å². The number of aromatic amines is 1. The molecule has 0 aliphatic rings. The number of rotatable bonds is 7. The SMILES string of the molecule is CCO/C=C/c1cnc(Cl)cc1C(=O)NC(C)(C)C[n+]1cc2cc[nH]c(=O)c2cc1Cl. The first kappa shape index (κ1) is 22.8. The van der Waals surface area contributed by atoms with Gasteiger partial charge in [0, 0.05) is 24.0 Å². The number of carbonyl (C=O) groups excluding carboxylic acids is 1. The summed E-state index contributed by atoms with van der Waals surface area (Å²) in [5.74, 6) is -0.306. The molecule has 0 unspecified atom stereocenters. The summed E-state index contributed by atoms with van der Waals surface area (Å²) < 4.78 is 7.01. The Morgan fingerprint density at radius 2 is 2.13 bits per heavy atom. The minimum Gasteiger partial charge on any atom is -0.501 e. The van der Waals surface area contributed by atoms with Crippen molar-refractivity contribution in [1.29, 1.82) is 0 Å². The van der Waals surface area contributed by atoms with Gasteiger partial charge in [-0.1, -0.05) is 11.6 Å². The number of amides is 1. The van der Waals surface area contributed by atoms with E-state index in [0.717, 1.165) is 5.39 Å².